The van der Waals surface area contributed by atoms with E-state index >= 15 is 0 Å². The molecule has 5 aromatic carbocycles. The van der Waals surface area contributed by atoms with Crippen molar-refractivity contribution in [3.8, 4) is 39.3 Å². The van der Waals surface area contributed by atoms with E-state index in [1.54, 1.807) is 0 Å². The fourth-order valence-electron chi connectivity index (χ4n) is 6.48. The van der Waals surface area contributed by atoms with Crippen molar-refractivity contribution in [1.82, 2.24) is 14.0 Å². The van der Waals surface area contributed by atoms with E-state index in [9.17, 15) is 0 Å². The molecule has 8 aromatic rings. The van der Waals surface area contributed by atoms with E-state index in [0.29, 0.717) is 0 Å². The summed E-state index contributed by atoms with van der Waals surface area (Å²) in [5.74, 6) is 0. The maximum atomic E-state index is 5.09. The van der Waals surface area contributed by atoms with Crippen LogP contribution in [0.5, 0.6) is 0 Å². The molecule has 3 heteroatoms. The number of imidazole rings is 1. The Balaban J connectivity index is 1.29. The molecule has 206 valence electrons. The molecule has 0 bridgehead atoms. The second-order valence-electron chi connectivity index (χ2n) is 11.6. The molecular weight excluding hydrogens is 522 g/mol. The minimum absolute atomic E-state index is 0.936. The van der Waals surface area contributed by atoms with Gasteiger partial charge in [-0.25, -0.2) is 4.98 Å². The number of pyridine rings is 1. The Morgan fingerprint density at radius 3 is 1.74 bits per heavy atom. The van der Waals surface area contributed by atoms with Gasteiger partial charge in [0, 0.05) is 33.8 Å². The zero-order valence-electron chi connectivity index (χ0n) is 24.5. The zero-order valence-corrected chi connectivity index (χ0v) is 24.5. The van der Waals surface area contributed by atoms with E-state index in [0.717, 1.165) is 33.7 Å². The van der Waals surface area contributed by atoms with Gasteiger partial charge in [-0.1, -0.05) is 90.0 Å². The molecule has 8 rings (SSSR count). The van der Waals surface area contributed by atoms with Crippen molar-refractivity contribution in [3.05, 3.63) is 150 Å². The molecule has 3 nitrogen and oxygen atoms in total. The number of aryl methyl sites for hydroxylation is 3. The first-order chi connectivity index (χ1) is 21.0. The summed E-state index contributed by atoms with van der Waals surface area (Å²) in [6.07, 6.45) is 2.23. The Bertz CT molecular complexity index is 2250. The van der Waals surface area contributed by atoms with Crippen LogP contribution < -0.4 is 0 Å². The standard InChI is InChI=1S/C40H31N3/c1-26-14-18-36-33(22-26)34-23-27(2)15-19-37(34)43(36)35-20-16-31(24-28(35)3)32-17-21-38-41-39(29-10-6-4-7-11-29)40(42(38)25-32)30-12-8-5-9-13-30/h4-25H,1-3H3. The van der Waals surface area contributed by atoms with Crippen LogP contribution in [-0.4, -0.2) is 14.0 Å². The molecular formula is C40H31N3. The number of rotatable bonds is 4. The summed E-state index contributed by atoms with van der Waals surface area (Å²) in [7, 11) is 0. The van der Waals surface area contributed by atoms with Crippen LogP contribution in [0.1, 0.15) is 16.7 Å². The van der Waals surface area contributed by atoms with E-state index in [-0.39, 0.29) is 0 Å². The predicted molar refractivity (Wildman–Crippen MR) is 180 cm³/mol. The quantitative estimate of drug-likeness (QED) is 0.212. The van der Waals surface area contributed by atoms with Gasteiger partial charge < -0.3 is 4.57 Å². The van der Waals surface area contributed by atoms with Crippen LogP contribution in [0.3, 0.4) is 0 Å². The lowest BCUT2D eigenvalue weighted by Gasteiger charge is -2.14. The Hall–Kier alpha value is -5.41. The van der Waals surface area contributed by atoms with E-state index < -0.39 is 0 Å². The highest BCUT2D eigenvalue weighted by atomic mass is 15.0. The van der Waals surface area contributed by atoms with Crippen molar-refractivity contribution >= 4 is 27.5 Å². The lowest BCUT2D eigenvalue weighted by atomic mass is 10.0. The van der Waals surface area contributed by atoms with Crippen molar-refractivity contribution in [2.45, 2.75) is 20.8 Å². The van der Waals surface area contributed by atoms with Gasteiger partial charge in [-0.3, -0.25) is 4.40 Å². The smallest absolute Gasteiger partial charge is 0.137 e. The van der Waals surface area contributed by atoms with Crippen molar-refractivity contribution in [2.24, 2.45) is 0 Å². The lowest BCUT2D eigenvalue weighted by Crippen LogP contribution is -1.98. The number of aromatic nitrogens is 3. The third kappa shape index (κ3) is 4.16. The van der Waals surface area contributed by atoms with Crippen LogP contribution in [0.15, 0.2) is 134 Å². The zero-order chi connectivity index (χ0) is 29.1. The normalized spacial score (nSPS) is 11.6. The third-order valence-corrected chi connectivity index (χ3v) is 8.56. The number of hydrogen-bond acceptors (Lipinski definition) is 1. The van der Waals surface area contributed by atoms with E-state index in [4.69, 9.17) is 4.98 Å². The third-order valence-electron chi connectivity index (χ3n) is 8.56. The molecule has 43 heavy (non-hydrogen) atoms. The van der Waals surface area contributed by atoms with E-state index in [1.807, 2.05) is 6.07 Å². The van der Waals surface area contributed by atoms with E-state index in [1.165, 1.54) is 49.7 Å². The Morgan fingerprint density at radius 2 is 1.12 bits per heavy atom. The number of fused-ring (bicyclic) bond motifs is 4. The lowest BCUT2D eigenvalue weighted by molar-refractivity contribution is 1.15. The molecule has 0 aliphatic carbocycles. The average Bonchev–Trinajstić information content (AvgIpc) is 3.57. The van der Waals surface area contributed by atoms with Gasteiger partial charge in [0.25, 0.3) is 0 Å². The molecule has 0 aliphatic heterocycles. The molecule has 0 aliphatic rings. The van der Waals surface area contributed by atoms with Crippen LogP contribution in [0, 0.1) is 20.8 Å². The molecule has 0 amide bonds. The number of nitrogens with zero attached hydrogens (tertiary/aromatic N) is 3. The van der Waals surface area contributed by atoms with Crippen LogP contribution in [0.25, 0.3) is 66.8 Å². The minimum Gasteiger partial charge on any atom is -0.309 e. The molecule has 3 heterocycles. The van der Waals surface area contributed by atoms with Gasteiger partial charge in [-0.2, -0.15) is 0 Å². The summed E-state index contributed by atoms with van der Waals surface area (Å²) in [5, 5.41) is 2.60. The summed E-state index contributed by atoms with van der Waals surface area (Å²) < 4.78 is 4.66. The average molecular weight is 554 g/mol. The Kier molecular flexibility index (Phi) is 5.80. The van der Waals surface area contributed by atoms with Crippen molar-refractivity contribution < 1.29 is 0 Å². The van der Waals surface area contributed by atoms with Gasteiger partial charge in [0.2, 0.25) is 0 Å². The maximum Gasteiger partial charge on any atom is 0.137 e. The first-order valence-corrected chi connectivity index (χ1v) is 14.8. The monoisotopic (exact) mass is 553 g/mol. The van der Waals surface area contributed by atoms with Crippen molar-refractivity contribution in [3.63, 3.8) is 0 Å². The van der Waals surface area contributed by atoms with Gasteiger partial charge in [-0.15, -0.1) is 0 Å². The highest BCUT2D eigenvalue weighted by molar-refractivity contribution is 6.09. The summed E-state index contributed by atoms with van der Waals surface area (Å²) >= 11 is 0. The summed E-state index contributed by atoms with van der Waals surface area (Å²) in [5.41, 5.74) is 15.1. The summed E-state index contributed by atoms with van der Waals surface area (Å²) in [6, 6.07) is 45.7. The van der Waals surface area contributed by atoms with Crippen LogP contribution in [0.4, 0.5) is 0 Å². The second kappa shape index (κ2) is 9.85. The summed E-state index contributed by atoms with van der Waals surface area (Å²) in [4.78, 5) is 5.09. The van der Waals surface area contributed by atoms with Crippen LogP contribution in [-0.2, 0) is 0 Å². The van der Waals surface area contributed by atoms with E-state index in [2.05, 4.69) is 157 Å². The van der Waals surface area contributed by atoms with Crippen LogP contribution >= 0.6 is 0 Å². The SMILES string of the molecule is Cc1ccc2c(c1)c1cc(C)ccc1n2-c1ccc(-c2ccc3nc(-c4ccccc4)c(-c4ccccc4)n3c2)cc1C. The van der Waals surface area contributed by atoms with Gasteiger partial charge in [-0.05, 0) is 86.0 Å². The Labute approximate surface area is 251 Å². The predicted octanol–water partition coefficient (Wildman–Crippen LogP) is 10.4. The molecule has 0 fully saturated rings. The highest BCUT2D eigenvalue weighted by Crippen LogP contribution is 2.37. The van der Waals surface area contributed by atoms with Crippen LogP contribution in [0.2, 0.25) is 0 Å². The fourth-order valence-corrected chi connectivity index (χ4v) is 6.48. The molecule has 0 atom stereocenters. The largest absolute Gasteiger partial charge is 0.309 e. The second-order valence-corrected chi connectivity index (χ2v) is 11.6. The maximum absolute atomic E-state index is 5.09. The first-order valence-electron chi connectivity index (χ1n) is 14.8. The highest BCUT2D eigenvalue weighted by Gasteiger charge is 2.18. The number of benzene rings is 5. The topological polar surface area (TPSA) is 22.2 Å². The molecule has 0 unspecified atom stereocenters. The van der Waals surface area contributed by atoms with Crippen molar-refractivity contribution in [1.29, 1.82) is 0 Å². The molecule has 0 saturated heterocycles. The van der Waals surface area contributed by atoms with Gasteiger partial charge in [0.05, 0.1) is 22.4 Å². The first kappa shape index (κ1) is 25.3. The molecule has 0 spiro atoms. The van der Waals surface area contributed by atoms with Crippen molar-refractivity contribution in [2.75, 3.05) is 0 Å². The molecule has 3 aromatic heterocycles. The van der Waals surface area contributed by atoms with Gasteiger partial charge in [0.1, 0.15) is 5.65 Å². The molecule has 0 radical (unpaired) electrons. The molecule has 0 saturated carbocycles. The Morgan fingerprint density at radius 1 is 0.512 bits per heavy atom. The molecule has 0 N–H and O–H groups in total. The minimum atomic E-state index is 0.936. The summed E-state index contributed by atoms with van der Waals surface area (Å²) in [6.45, 7) is 6.56. The van der Waals surface area contributed by atoms with Gasteiger partial charge in [0.15, 0.2) is 0 Å². The van der Waals surface area contributed by atoms with Gasteiger partial charge >= 0.3 is 0 Å². The number of hydrogen-bond donors (Lipinski definition) is 0. The fraction of sp³-hybridized carbons (Fsp3) is 0.0750.